The third-order valence-corrected chi connectivity index (χ3v) is 5.80. The summed E-state index contributed by atoms with van der Waals surface area (Å²) in [6.45, 7) is 1.73. The SMILES string of the molecule is CCC(=O)c1c(-c2ccccc2)c2cc(Cl)ccc2c(=O)n1Cc1nn(C)cc1C(=O)NC. The molecule has 2 heterocycles. The van der Waals surface area contributed by atoms with Crippen LogP contribution in [-0.2, 0) is 13.6 Å². The van der Waals surface area contributed by atoms with Gasteiger partial charge in [-0.05, 0) is 29.1 Å². The Labute approximate surface area is 195 Å². The zero-order valence-corrected chi connectivity index (χ0v) is 19.3. The van der Waals surface area contributed by atoms with Crippen molar-refractivity contribution in [2.24, 2.45) is 7.05 Å². The van der Waals surface area contributed by atoms with Crippen molar-refractivity contribution in [2.75, 3.05) is 7.05 Å². The molecular formula is C25H23ClN4O3. The number of pyridine rings is 1. The lowest BCUT2D eigenvalue weighted by Gasteiger charge is -2.19. The summed E-state index contributed by atoms with van der Waals surface area (Å²) in [6, 6.07) is 14.5. The zero-order valence-electron chi connectivity index (χ0n) is 18.6. The number of carbonyl (C=O) groups is 2. The van der Waals surface area contributed by atoms with Gasteiger partial charge in [-0.3, -0.25) is 23.6 Å². The molecule has 2 aromatic heterocycles. The van der Waals surface area contributed by atoms with Crippen LogP contribution in [0.15, 0.2) is 59.5 Å². The predicted octanol–water partition coefficient (Wildman–Crippen LogP) is 4.06. The number of nitrogens with zero attached hydrogens (tertiary/aromatic N) is 3. The van der Waals surface area contributed by atoms with Gasteiger partial charge in [-0.1, -0.05) is 48.9 Å². The molecule has 2 aromatic carbocycles. The molecule has 8 heteroatoms. The predicted molar refractivity (Wildman–Crippen MR) is 129 cm³/mol. The quantitative estimate of drug-likeness (QED) is 0.438. The maximum absolute atomic E-state index is 13.7. The van der Waals surface area contributed by atoms with Gasteiger partial charge in [-0.15, -0.1) is 0 Å². The molecule has 1 N–H and O–H groups in total. The van der Waals surface area contributed by atoms with Crippen molar-refractivity contribution in [1.29, 1.82) is 0 Å². The molecule has 0 aliphatic rings. The second-order valence-electron chi connectivity index (χ2n) is 7.69. The van der Waals surface area contributed by atoms with Crippen molar-refractivity contribution in [2.45, 2.75) is 19.9 Å². The Balaban J connectivity index is 2.10. The van der Waals surface area contributed by atoms with Crippen molar-refractivity contribution in [3.63, 3.8) is 0 Å². The van der Waals surface area contributed by atoms with Crippen LogP contribution in [0.5, 0.6) is 0 Å². The molecule has 168 valence electrons. The molecule has 0 aliphatic carbocycles. The first-order chi connectivity index (χ1) is 15.8. The molecule has 0 spiro atoms. The van der Waals surface area contributed by atoms with Crippen LogP contribution in [0, 0.1) is 0 Å². The smallest absolute Gasteiger partial charge is 0.259 e. The normalized spacial score (nSPS) is 11.0. The molecule has 0 atom stereocenters. The molecule has 0 saturated heterocycles. The van der Waals surface area contributed by atoms with E-state index >= 15 is 0 Å². The highest BCUT2D eigenvalue weighted by Crippen LogP contribution is 2.33. The van der Waals surface area contributed by atoms with E-state index in [1.54, 1.807) is 38.4 Å². The summed E-state index contributed by atoms with van der Waals surface area (Å²) in [4.78, 5) is 39.3. The highest BCUT2D eigenvalue weighted by atomic mass is 35.5. The van der Waals surface area contributed by atoms with E-state index in [1.165, 1.54) is 16.3 Å². The number of hydrogen-bond donors (Lipinski definition) is 1. The molecule has 4 aromatic rings. The Kier molecular flexibility index (Phi) is 6.16. The van der Waals surface area contributed by atoms with E-state index in [-0.39, 0.29) is 35.9 Å². The third kappa shape index (κ3) is 4.07. The number of hydrogen-bond acceptors (Lipinski definition) is 4. The van der Waals surface area contributed by atoms with Gasteiger partial charge in [0.25, 0.3) is 11.5 Å². The topological polar surface area (TPSA) is 86.0 Å². The van der Waals surface area contributed by atoms with Crippen molar-refractivity contribution >= 4 is 34.1 Å². The molecule has 33 heavy (non-hydrogen) atoms. The minimum Gasteiger partial charge on any atom is -0.355 e. The largest absolute Gasteiger partial charge is 0.355 e. The van der Waals surface area contributed by atoms with E-state index in [9.17, 15) is 14.4 Å². The number of Topliss-reactive ketones (excluding diaryl/α,β-unsaturated/α-hetero) is 1. The Bertz CT molecular complexity index is 1440. The Morgan fingerprint density at radius 1 is 1.09 bits per heavy atom. The van der Waals surface area contributed by atoms with Crippen LogP contribution in [0.1, 0.15) is 39.9 Å². The van der Waals surface area contributed by atoms with Gasteiger partial charge in [-0.2, -0.15) is 5.10 Å². The summed E-state index contributed by atoms with van der Waals surface area (Å²) in [5.41, 5.74) is 2.11. The number of rotatable bonds is 6. The summed E-state index contributed by atoms with van der Waals surface area (Å²) in [7, 11) is 3.24. The molecule has 0 fully saturated rings. The fourth-order valence-corrected chi connectivity index (χ4v) is 4.22. The summed E-state index contributed by atoms with van der Waals surface area (Å²) in [5, 5.41) is 8.51. The summed E-state index contributed by atoms with van der Waals surface area (Å²) in [5.74, 6) is -0.504. The highest BCUT2D eigenvalue weighted by molar-refractivity contribution is 6.31. The van der Waals surface area contributed by atoms with E-state index in [2.05, 4.69) is 10.4 Å². The van der Waals surface area contributed by atoms with E-state index in [0.29, 0.717) is 32.6 Å². The number of ketones is 1. The Morgan fingerprint density at radius 2 is 1.82 bits per heavy atom. The van der Waals surface area contributed by atoms with Crippen molar-refractivity contribution in [3.8, 4) is 11.1 Å². The molecule has 0 bridgehead atoms. The lowest BCUT2D eigenvalue weighted by atomic mass is 9.94. The standard InChI is InChI=1S/C25H23ClN4O3/c1-4-21(31)23-22(15-8-6-5-7-9-15)18-12-16(26)10-11-17(18)25(33)30(23)14-20-19(24(32)27-2)13-29(3)28-20/h5-13H,4,14H2,1-3H3,(H,27,32). The number of fused-ring (bicyclic) bond motifs is 1. The van der Waals surface area contributed by atoms with Crippen molar-refractivity contribution in [3.05, 3.63) is 87.1 Å². The average Bonchev–Trinajstić information content (AvgIpc) is 3.20. The number of benzene rings is 2. The fourth-order valence-electron chi connectivity index (χ4n) is 4.05. The Morgan fingerprint density at radius 3 is 2.48 bits per heavy atom. The fraction of sp³-hybridized carbons (Fsp3) is 0.200. The van der Waals surface area contributed by atoms with Gasteiger partial charge >= 0.3 is 0 Å². The van der Waals surface area contributed by atoms with Crippen LogP contribution in [0.2, 0.25) is 5.02 Å². The van der Waals surface area contributed by atoms with Gasteiger partial charge in [-0.25, -0.2) is 0 Å². The Hall–Kier alpha value is -3.71. The van der Waals surface area contributed by atoms with Crippen LogP contribution in [0.3, 0.4) is 0 Å². The number of amides is 1. The van der Waals surface area contributed by atoms with Crippen LogP contribution in [-0.4, -0.2) is 33.1 Å². The van der Waals surface area contributed by atoms with Crippen LogP contribution >= 0.6 is 11.6 Å². The molecule has 4 rings (SSSR count). The molecule has 0 radical (unpaired) electrons. The van der Waals surface area contributed by atoms with Gasteiger partial charge in [0, 0.05) is 42.7 Å². The van der Waals surface area contributed by atoms with Gasteiger partial charge in [0.2, 0.25) is 0 Å². The summed E-state index contributed by atoms with van der Waals surface area (Å²) in [6.07, 6.45) is 1.80. The minimum atomic E-state index is -0.341. The number of aryl methyl sites for hydroxylation is 1. The number of carbonyl (C=O) groups excluding carboxylic acids is 2. The van der Waals surface area contributed by atoms with Crippen LogP contribution < -0.4 is 10.9 Å². The van der Waals surface area contributed by atoms with Gasteiger partial charge in [0.1, 0.15) is 0 Å². The molecule has 0 aliphatic heterocycles. The van der Waals surface area contributed by atoms with E-state index in [4.69, 9.17) is 11.6 Å². The second kappa shape index (κ2) is 9.03. The monoisotopic (exact) mass is 462 g/mol. The second-order valence-corrected chi connectivity index (χ2v) is 8.13. The zero-order chi connectivity index (χ0) is 23.7. The molecule has 0 saturated carbocycles. The molecule has 7 nitrogen and oxygen atoms in total. The van der Waals surface area contributed by atoms with E-state index in [0.717, 1.165) is 5.56 Å². The third-order valence-electron chi connectivity index (χ3n) is 5.57. The number of aromatic nitrogens is 3. The maximum Gasteiger partial charge on any atom is 0.259 e. The highest BCUT2D eigenvalue weighted by Gasteiger charge is 2.25. The number of nitrogens with one attached hydrogen (secondary N) is 1. The minimum absolute atomic E-state index is 0.0259. The number of halogens is 1. The summed E-state index contributed by atoms with van der Waals surface area (Å²) < 4.78 is 2.95. The van der Waals surface area contributed by atoms with Crippen molar-refractivity contribution in [1.82, 2.24) is 19.7 Å². The van der Waals surface area contributed by atoms with E-state index < -0.39 is 0 Å². The maximum atomic E-state index is 13.7. The van der Waals surface area contributed by atoms with Gasteiger partial charge in [0.15, 0.2) is 5.78 Å². The molecule has 1 amide bonds. The molecular weight excluding hydrogens is 440 g/mol. The van der Waals surface area contributed by atoms with Crippen LogP contribution in [0.4, 0.5) is 0 Å². The first-order valence-corrected chi connectivity index (χ1v) is 10.9. The van der Waals surface area contributed by atoms with Crippen LogP contribution in [0.25, 0.3) is 21.9 Å². The average molecular weight is 463 g/mol. The molecule has 0 unspecified atom stereocenters. The first kappa shape index (κ1) is 22.5. The lowest BCUT2D eigenvalue weighted by Crippen LogP contribution is -2.29. The summed E-state index contributed by atoms with van der Waals surface area (Å²) >= 11 is 6.29. The first-order valence-electron chi connectivity index (χ1n) is 10.5. The lowest BCUT2D eigenvalue weighted by molar-refractivity contribution is 0.0960. The van der Waals surface area contributed by atoms with Gasteiger partial charge < -0.3 is 5.32 Å². The van der Waals surface area contributed by atoms with E-state index in [1.807, 2.05) is 30.3 Å². The van der Waals surface area contributed by atoms with Gasteiger partial charge in [0.05, 0.1) is 23.5 Å². The van der Waals surface area contributed by atoms with Crippen molar-refractivity contribution < 1.29 is 9.59 Å².